The number of amides is 2. The molecule has 1 aliphatic rings. The standard InChI is InChI=1S/C14H28N2O2.C2H5NO.C2H2/c1-3-5-6-7-8-9-13(17)15-10-14(16-4-2)11-18-12-14;1-2(3)4;1-2/h16H,3-12H2,1-2H3,(H,15,17);1H3,(H2,3,4);1-2H. The summed E-state index contributed by atoms with van der Waals surface area (Å²) in [7, 11) is 0. The average Bonchev–Trinajstić information content (AvgIpc) is 2.51. The molecule has 0 aromatic rings. The number of rotatable bonds is 10. The van der Waals surface area contributed by atoms with E-state index in [0.29, 0.717) is 26.2 Å². The summed E-state index contributed by atoms with van der Waals surface area (Å²) in [6.07, 6.45) is 14.6. The number of nitrogens with two attached hydrogens (primary N) is 1. The van der Waals surface area contributed by atoms with Gasteiger partial charge in [0.05, 0.1) is 18.8 Å². The Balaban J connectivity index is 0. The molecule has 24 heavy (non-hydrogen) atoms. The lowest BCUT2D eigenvalue weighted by atomic mass is 9.97. The van der Waals surface area contributed by atoms with Gasteiger partial charge in [0, 0.05) is 19.9 Å². The summed E-state index contributed by atoms with van der Waals surface area (Å²) < 4.78 is 5.23. The Morgan fingerprint density at radius 1 is 1.12 bits per heavy atom. The van der Waals surface area contributed by atoms with E-state index in [4.69, 9.17) is 4.74 Å². The molecule has 0 bridgehead atoms. The van der Waals surface area contributed by atoms with Gasteiger partial charge in [-0.2, -0.15) is 0 Å². The number of unbranched alkanes of at least 4 members (excludes halogenated alkanes) is 4. The molecule has 6 heteroatoms. The van der Waals surface area contributed by atoms with Gasteiger partial charge in [-0.05, 0) is 13.0 Å². The van der Waals surface area contributed by atoms with Crippen molar-refractivity contribution in [2.45, 2.75) is 64.8 Å². The van der Waals surface area contributed by atoms with E-state index >= 15 is 0 Å². The third-order valence-electron chi connectivity index (χ3n) is 3.44. The Kier molecular flexibility index (Phi) is 16.7. The summed E-state index contributed by atoms with van der Waals surface area (Å²) in [6.45, 7) is 8.60. The summed E-state index contributed by atoms with van der Waals surface area (Å²) in [4.78, 5) is 20.9. The van der Waals surface area contributed by atoms with E-state index in [-0.39, 0.29) is 17.4 Å². The van der Waals surface area contributed by atoms with Gasteiger partial charge in [-0.25, -0.2) is 0 Å². The number of nitrogens with one attached hydrogen (secondary N) is 2. The topological polar surface area (TPSA) is 93.5 Å². The fraction of sp³-hybridized carbons (Fsp3) is 0.778. The first-order valence-corrected chi connectivity index (χ1v) is 8.64. The molecule has 2 amide bonds. The van der Waals surface area contributed by atoms with Crippen LogP contribution < -0.4 is 16.4 Å². The zero-order valence-corrected chi connectivity index (χ0v) is 15.5. The number of carbonyl (C=O) groups is 2. The van der Waals surface area contributed by atoms with E-state index in [1.165, 1.54) is 32.6 Å². The molecule has 0 saturated carbocycles. The molecule has 0 atom stereocenters. The molecule has 6 nitrogen and oxygen atoms in total. The quantitative estimate of drug-likeness (QED) is 0.415. The molecule has 1 saturated heterocycles. The van der Waals surface area contributed by atoms with Gasteiger partial charge in [-0.3, -0.25) is 9.59 Å². The Hall–Kier alpha value is -1.58. The fourth-order valence-corrected chi connectivity index (χ4v) is 2.24. The van der Waals surface area contributed by atoms with E-state index in [1.807, 2.05) is 0 Å². The van der Waals surface area contributed by atoms with Crippen molar-refractivity contribution in [2.75, 3.05) is 26.3 Å². The number of hydrogen-bond acceptors (Lipinski definition) is 4. The van der Waals surface area contributed by atoms with Crippen LogP contribution in [0, 0.1) is 12.8 Å². The molecule has 1 aliphatic heterocycles. The van der Waals surface area contributed by atoms with Crippen LogP contribution in [0.4, 0.5) is 0 Å². The predicted molar refractivity (Wildman–Crippen MR) is 98.4 cm³/mol. The van der Waals surface area contributed by atoms with Crippen LogP contribution in [0.25, 0.3) is 0 Å². The van der Waals surface area contributed by atoms with Gasteiger partial charge in [0.1, 0.15) is 0 Å². The second kappa shape index (κ2) is 16.3. The maximum absolute atomic E-state index is 11.7. The Morgan fingerprint density at radius 3 is 2.08 bits per heavy atom. The van der Waals surface area contributed by atoms with Crippen molar-refractivity contribution in [1.82, 2.24) is 10.6 Å². The number of terminal acetylenes is 1. The van der Waals surface area contributed by atoms with E-state index in [2.05, 4.69) is 43.1 Å². The first-order valence-electron chi connectivity index (χ1n) is 8.64. The molecule has 1 heterocycles. The number of ether oxygens (including phenoxy) is 1. The highest BCUT2D eigenvalue weighted by Gasteiger charge is 2.37. The van der Waals surface area contributed by atoms with E-state index in [1.54, 1.807) is 0 Å². The maximum atomic E-state index is 11.7. The lowest BCUT2D eigenvalue weighted by molar-refractivity contribution is -0.123. The number of carbonyl (C=O) groups excluding carboxylic acids is 2. The molecule has 0 unspecified atom stereocenters. The van der Waals surface area contributed by atoms with Crippen molar-refractivity contribution in [3.8, 4) is 12.8 Å². The Labute approximate surface area is 147 Å². The Bertz CT molecular complexity index is 349. The summed E-state index contributed by atoms with van der Waals surface area (Å²) in [6, 6.07) is 0. The second-order valence-electron chi connectivity index (χ2n) is 5.86. The van der Waals surface area contributed by atoms with E-state index < -0.39 is 0 Å². The van der Waals surface area contributed by atoms with Gasteiger partial charge in [0.2, 0.25) is 11.8 Å². The predicted octanol–water partition coefficient (Wildman–Crippen LogP) is 1.58. The van der Waals surface area contributed by atoms with Gasteiger partial charge < -0.3 is 21.1 Å². The third kappa shape index (κ3) is 14.0. The van der Waals surface area contributed by atoms with Crippen molar-refractivity contribution in [3.05, 3.63) is 0 Å². The lowest BCUT2D eigenvalue weighted by Gasteiger charge is -2.42. The van der Waals surface area contributed by atoms with Crippen molar-refractivity contribution in [1.29, 1.82) is 0 Å². The molecule has 1 rings (SSSR count). The van der Waals surface area contributed by atoms with Crippen LogP contribution in [0.3, 0.4) is 0 Å². The van der Waals surface area contributed by atoms with Gasteiger partial charge in [0.25, 0.3) is 0 Å². The summed E-state index contributed by atoms with van der Waals surface area (Å²) in [5.41, 5.74) is 4.46. The van der Waals surface area contributed by atoms with E-state index in [0.717, 1.165) is 13.0 Å². The monoisotopic (exact) mass is 341 g/mol. The molecular weight excluding hydrogens is 306 g/mol. The summed E-state index contributed by atoms with van der Waals surface area (Å²) in [5, 5.41) is 6.41. The minimum Gasteiger partial charge on any atom is -0.377 e. The van der Waals surface area contributed by atoms with Crippen LogP contribution in [-0.2, 0) is 14.3 Å². The van der Waals surface area contributed by atoms with Crippen LogP contribution in [0.2, 0.25) is 0 Å². The molecular formula is C18H35N3O3. The van der Waals surface area contributed by atoms with Crippen molar-refractivity contribution >= 4 is 11.8 Å². The highest BCUT2D eigenvalue weighted by atomic mass is 16.5. The fourth-order valence-electron chi connectivity index (χ4n) is 2.24. The second-order valence-corrected chi connectivity index (χ2v) is 5.86. The summed E-state index contributed by atoms with van der Waals surface area (Å²) in [5.74, 6) is -0.157. The first kappa shape index (κ1) is 24.7. The molecule has 1 fully saturated rings. The van der Waals surface area contributed by atoms with Crippen molar-refractivity contribution in [2.24, 2.45) is 5.73 Å². The number of likely N-dealkylation sites (N-methyl/N-ethyl adjacent to an activating group) is 1. The van der Waals surface area contributed by atoms with Crippen LogP contribution >= 0.6 is 0 Å². The normalized spacial score (nSPS) is 14.0. The molecule has 0 spiro atoms. The minimum atomic E-state index is -0.333. The van der Waals surface area contributed by atoms with E-state index in [9.17, 15) is 9.59 Å². The molecule has 0 aromatic heterocycles. The molecule has 0 aromatic carbocycles. The largest absolute Gasteiger partial charge is 0.377 e. The molecule has 140 valence electrons. The highest BCUT2D eigenvalue weighted by molar-refractivity contribution is 5.75. The first-order chi connectivity index (χ1) is 11.5. The van der Waals surface area contributed by atoms with Crippen LogP contribution in [0.5, 0.6) is 0 Å². The van der Waals surface area contributed by atoms with Crippen molar-refractivity contribution in [3.63, 3.8) is 0 Å². The highest BCUT2D eigenvalue weighted by Crippen LogP contribution is 2.15. The minimum absolute atomic E-state index is 0.00732. The summed E-state index contributed by atoms with van der Waals surface area (Å²) >= 11 is 0. The van der Waals surface area contributed by atoms with Crippen LogP contribution in [0.1, 0.15) is 59.3 Å². The Morgan fingerprint density at radius 2 is 1.67 bits per heavy atom. The number of primary amides is 1. The molecule has 0 aliphatic carbocycles. The molecule has 0 radical (unpaired) electrons. The van der Waals surface area contributed by atoms with Gasteiger partial charge >= 0.3 is 0 Å². The smallest absolute Gasteiger partial charge is 0.220 e. The van der Waals surface area contributed by atoms with Gasteiger partial charge in [-0.1, -0.05) is 39.5 Å². The van der Waals surface area contributed by atoms with Gasteiger partial charge in [0.15, 0.2) is 0 Å². The van der Waals surface area contributed by atoms with Crippen molar-refractivity contribution < 1.29 is 14.3 Å². The number of hydrogen-bond donors (Lipinski definition) is 3. The van der Waals surface area contributed by atoms with Crippen LogP contribution in [0.15, 0.2) is 0 Å². The zero-order valence-electron chi connectivity index (χ0n) is 15.5. The average molecular weight is 341 g/mol. The third-order valence-corrected chi connectivity index (χ3v) is 3.44. The SMILES string of the molecule is C#C.CC(N)=O.CCCCCCCC(=O)NCC1(NCC)COC1. The maximum Gasteiger partial charge on any atom is 0.220 e. The van der Waals surface area contributed by atoms with Crippen LogP contribution in [-0.4, -0.2) is 43.7 Å². The lowest BCUT2D eigenvalue weighted by Crippen LogP contribution is -2.65. The molecule has 4 N–H and O–H groups in total. The van der Waals surface area contributed by atoms with Gasteiger partial charge in [-0.15, -0.1) is 12.8 Å². The zero-order chi connectivity index (χ0) is 18.8.